The Morgan fingerprint density at radius 1 is 1.21 bits per heavy atom. The number of ether oxygens (including phenoxy) is 1. The summed E-state index contributed by atoms with van der Waals surface area (Å²) in [6.07, 6.45) is 1.13. The lowest BCUT2D eigenvalue weighted by Crippen LogP contribution is -2.49. The van der Waals surface area contributed by atoms with Crippen LogP contribution >= 0.6 is 0 Å². The van der Waals surface area contributed by atoms with E-state index >= 15 is 0 Å². The molecule has 1 aliphatic rings. The predicted molar refractivity (Wildman–Crippen MR) is 72.8 cm³/mol. The first-order valence-corrected chi connectivity index (χ1v) is 6.74. The molecule has 0 aromatic heterocycles. The number of piperazine rings is 1. The molecule has 0 unspecified atom stereocenters. The van der Waals surface area contributed by atoms with E-state index in [4.69, 9.17) is 0 Å². The van der Waals surface area contributed by atoms with Gasteiger partial charge in [0.2, 0.25) is 5.91 Å². The highest BCUT2D eigenvalue weighted by atomic mass is 16.5. The Morgan fingerprint density at radius 3 is 2.42 bits per heavy atom. The average molecular weight is 271 g/mol. The molecule has 0 aromatic rings. The fourth-order valence-corrected chi connectivity index (χ4v) is 2.06. The van der Waals surface area contributed by atoms with Crippen LogP contribution in [0.2, 0.25) is 0 Å². The van der Waals surface area contributed by atoms with Crippen LogP contribution in [0.5, 0.6) is 0 Å². The molecular formula is C13H25N3O3. The van der Waals surface area contributed by atoms with Crippen molar-refractivity contribution >= 4 is 11.9 Å². The number of hydrogen-bond acceptors (Lipinski definition) is 5. The van der Waals surface area contributed by atoms with Gasteiger partial charge in [0.1, 0.15) is 0 Å². The Kier molecular flexibility index (Phi) is 6.80. The van der Waals surface area contributed by atoms with E-state index in [0.717, 1.165) is 39.1 Å². The molecule has 1 amide bonds. The van der Waals surface area contributed by atoms with Crippen LogP contribution in [0.15, 0.2) is 0 Å². The molecule has 1 fully saturated rings. The summed E-state index contributed by atoms with van der Waals surface area (Å²) in [4.78, 5) is 29.1. The van der Waals surface area contributed by atoms with E-state index in [9.17, 15) is 9.59 Å². The molecule has 0 aliphatic carbocycles. The van der Waals surface area contributed by atoms with Gasteiger partial charge in [0.05, 0.1) is 13.7 Å². The van der Waals surface area contributed by atoms with Gasteiger partial charge in [-0.2, -0.15) is 0 Å². The van der Waals surface area contributed by atoms with Gasteiger partial charge in [-0.3, -0.25) is 14.5 Å². The maximum absolute atomic E-state index is 12.0. The third kappa shape index (κ3) is 6.02. The molecule has 1 rings (SSSR count). The van der Waals surface area contributed by atoms with Crippen molar-refractivity contribution in [1.82, 2.24) is 14.7 Å². The highest BCUT2D eigenvalue weighted by Gasteiger charge is 2.19. The van der Waals surface area contributed by atoms with Gasteiger partial charge in [-0.25, -0.2) is 0 Å². The second kappa shape index (κ2) is 8.12. The maximum atomic E-state index is 12.0. The zero-order chi connectivity index (χ0) is 14.3. The smallest absolute Gasteiger partial charge is 0.305 e. The van der Waals surface area contributed by atoms with Crippen LogP contribution in [0.1, 0.15) is 12.8 Å². The highest BCUT2D eigenvalue weighted by Crippen LogP contribution is 2.01. The highest BCUT2D eigenvalue weighted by molar-refractivity contribution is 5.78. The van der Waals surface area contributed by atoms with Crippen LogP contribution in [-0.4, -0.2) is 87.0 Å². The standard InChI is InChI=1S/C13H25N3O3/c1-14-7-9-16(10-8-14)12(17)11-15(2)6-4-5-13(18)19-3/h4-11H2,1-3H3. The Labute approximate surface area is 115 Å². The molecular weight excluding hydrogens is 246 g/mol. The summed E-state index contributed by atoms with van der Waals surface area (Å²) in [7, 11) is 5.37. The molecule has 0 radical (unpaired) electrons. The molecule has 6 heteroatoms. The van der Waals surface area contributed by atoms with E-state index in [1.165, 1.54) is 7.11 Å². The molecule has 110 valence electrons. The molecule has 0 atom stereocenters. The van der Waals surface area contributed by atoms with E-state index in [-0.39, 0.29) is 11.9 Å². The zero-order valence-corrected chi connectivity index (χ0v) is 12.2. The Balaban J connectivity index is 2.18. The summed E-state index contributed by atoms with van der Waals surface area (Å²) < 4.78 is 4.58. The number of amides is 1. The minimum atomic E-state index is -0.196. The van der Waals surface area contributed by atoms with Crippen LogP contribution < -0.4 is 0 Å². The number of rotatable bonds is 6. The van der Waals surface area contributed by atoms with Crippen LogP contribution in [0.4, 0.5) is 0 Å². The Hall–Kier alpha value is -1.14. The van der Waals surface area contributed by atoms with E-state index in [0.29, 0.717) is 13.0 Å². The fourth-order valence-electron chi connectivity index (χ4n) is 2.06. The lowest BCUT2D eigenvalue weighted by Gasteiger charge is -2.33. The topological polar surface area (TPSA) is 53.1 Å². The number of esters is 1. The van der Waals surface area contributed by atoms with Crippen molar-refractivity contribution < 1.29 is 14.3 Å². The molecule has 0 aromatic carbocycles. The Bertz CT molecular complexity index is 302. The summed E-state index contributed by atoms with van der Waals surface area (Å²) >= 11 is 0. The molecule has 0 saturated carbocycles. The average Bonchev–Trinajstić information content (AvgIpc) is 2.39. The lowest BCUT2D eigenvalue weighted by atomic mass is 10.3. The van der Waals surface area contributed by atoms with Gasteiger partial charge in [-0.05, 0) is 27.1 Å². The zero-order valence-electron chi connectivity index (χ0n) is 12.2. The minimum absolute atomic E-state index is 0.175. The summed E-state index contributed by atoms with van der Waals surface area (Å²) in [6, 6.07) is 0. The van der Waals surface area contributed by atoms with Crippen LogP contribution in [0, 0.1) is 0 Å². The van der Waals surface area contributed by atoms with Crippen molar-refractivity contribution in [3.05, 3.63) is 0 Å². The molecule has 19 heavy (non-hydrogen) atoms. The van der Waals surface area contributed by atoms with Crippen molar-refractivity contribution in [2.24, 2.45) is 0 Å². The van der Waals surface area contributed by atoms with Gasteiger partial charge in [-0.1, -0.05) is 0 Å². The first-order valence-electron chi connectivity index (χ1n) is 6.74. The van der Waals surface area contributed by atoms with Crippen LogP contribution in [0.3, 0.4) is 0 Å². The fraction of sp³-hybridized carbons (Fsp3) is 0.846. The second-order valence-corrected chi connectivity index (χ2v) is 5.10. The molecule has 6 nitrogen and oxygen atoms in total. The quantitative estimate of drug-likeness (QED) is 0.618. The molecule has 1 heterocycles. The van der Waals surface area contributed by atoms with Gasteiger partial charge in [-0.15, -0.1) is 0 Å². The number of carbonyl (C=O) groups excluding carboxylic acids is 2. The van der Waals surface area contributed by atoms with E-state index in [1.54, 1.807) is 0 Å². The van der Waals surface area contributed by atoms with E-state index in [2.05, 4.69) is 16.7 Å². The second-order valence-electron chi connectivity index (χ2n) is 5.10. The molecule has 0 spiro atoms. The van der Waals surface area contributed by atoms with Gasteiger partial charge >= 0.3 is 5.97 Å². The first-order chi connectivity index (χ1) is 9.02. The number of nitrogens with zero attached hydrogens (tertiary/aromatic N) is 3. The number of likely N-dealkylation sites (N-methyl/N-ethyl adjacent to an activating group) is 2. The summed E-state index contributed by atoms with van der Waals surface area (Å²) in [5.74, 6) is -0.0209. The maximum Gasteiger partial charge on any atom is 0.305 e. The summed E-state index contributed by atoms with van der Waals surface area (Å²) in [6.45, 7) is 4.66. The molecule has 1 aliphatic heterocycles. The minimum Gasteiger partial charge on any atom is -0.469 e. The predicted octanol–water partition coefficient (Wildman–Crippen LogP) is -0.355. The van der Waals surface area contributed by atoms with Gasteiger partial charge < -0.3 is 14.5 Å². The SMILES string of the molecule is COC(=O)CCCN(C)CC(=O)N1CCN(C)CC1. The third-order valence-electron chi connectivity index (χ3n) is 3.41. The monoisotopic (exact) mass is 271 g/mol. The van der Waals surface area contributed by atoms with Gasteiger partial charge in [0.15, 0.2) is 0 Å². The number of carbonyl (C=O) groups is 2. The van der Waals surface area contributed by atoms with Crippen LogP contribution in [-0.2, 0) is 14.3 Å². The Morgan fingerprint density at radius 2 is 1.84 bits per heavy atom. The van der Waals surface area contributed by atoms with Crippen molar-refractivity contribution in [3.63, 3.8) is 0 Å². The van der Waals surface area contributed by atoms with E-state index in [1.807, 2.05) is 16.8 Å². The van der Waals surface area contributed by atoms with Gasteiger partial charge in [0.25, 0.3) is 0 Å². The summed E-state index contributed by atoms with van der Waals surface area (Å²) in [5.41, 5.74) is 0. The van der Waals surface area contributed by atoms with Gasteiger partial charge in [0, 0.05) is 32.6 Å². The van der Waals surface area contributed by atoms with E-state index < -0.39 is 0 Å². The van der Waals surface area contributed by atoms with Crippen molar-refractivity contribution in [1.29, 1.82) is 0 Å². The van der Waals surface area contributed by atoms with Crippen molar-refractivity contribution in [3.8, 4) is 0 Å². The van der Waals surface area contributed by atoms with Crippen molar-refractivity contribution in [2.45, 2.75) is 12.8 Å². The molecule has 0 N–H and O–H groups in total. The number of methoxy groups -OCH3 is 1. The largest absolute Gasteiger partial charge is 0.469 e. The normalized spacial score (nSPS) is 16.7. The van der Waals surface area contributed by atoms with Crippen molar-refractivity contribution in [2.75, 3.05) is 60.5 Å². The third-order valence-corrected chi connectivity index (χ3v) is 3.41. The van der Waals surface area contributed by atoms with Crippen LogP contribution in [0.25, 0.3) is 0 Å². The summed E-state index contributed by atoms with van der Waals surface area (Å²) in [5, 5.41) is 0. The first kappa shape index (κ1) is 15.9. The number of hydrogen-bond donors (Lipinski definition) is 0. The molecule has 0 bridgehead atoms. The lowest BCUT2D eigenvalue weighted by molar-refractivity contribution is -0.140. The molecule has 1 saturated heterocycles.